The van der Waals surface area contributed by atoms with Crippen molar-refractivity contribution in [2.45, 2.75) is 39.5 Å². The van der Waals surface area contributed by atoms with Gasteiger partial charge in [0.15, 0.2) is 0 Å². The van der Waals surface area contributed by atoms with Crippen LogP contribution in [-0.2, 0) is 0 Å². The van der Waals surface area contributed by atoms with E-state index in [0.717, 1.165) is 5.92 Å². The minimum absolute atomic E-state index is 0.793. The van der Waals surface area contributed by atoms with Crippen molar-refractivity contribution >= 4 is 0 Å². The van der Waals surface area contributed by atoms with E-state index in [9.17, 15) is 0 Å². The van der Waals surface area contributed by atoms with Gasteiger partial charge in [0.25, 0.3) is 0 Å². The molecule has 0 aliphatic heterocycles. The lowest BCUT2D eigenvalue weighted by Crippen LogP contribution is -1.88. The third-order valence-electron chi connectivity index (χ3n) is 2.01. The van der Waals surface area contributed by atoms with Gasteiger partial charge in [-0.15, -0.1) is 0 Å². The molecule has 66 valence electrons. The molecule has 1 aromatic rings. The molecule has 0 spiro atoms. The van der Waals surface area contributed by atoms with Gasteiger partial charge in [0.2, 0.25) is 0 Å². The van der Waals surface area contributed by atoms with Crippen LogP contribution in [0.1, 0.15) is 43.9 Å². The second-order valence-electron chi connectivity index (χ2n) is 2.98. The fourth-order valence-corrected chi connectivity index (χ4v) is 1.28. The first-order chi connectivity index (χ1) is 5.88. The molecule has 2 rings (SSSR count). The minimum Gasteiger partial charge on any atom is -0.261 e. The van der Waals surface area contributed by atoms with Crippen LogP contribution in [0.2, 0.25) is 0 Å². The van der Waals surface area contributed by atoms with Crippen molar-refractivity contribution in [2.24, 2.45) is 0 Å². The second-order valence-corrected chi connectivity index (χ2v) is 2.98. The topological polar surface area (TPSA) is 12.9 Å². The molecule has 0 aromatic carbocycles. The van der Waals surface area contributed by atoms with Crippen LogP contribution in [-0.4, -0.2) is 4.98 Å². The van der Waals surface area contributed by atoms with Gasteiger partial charge in [0, 0.05) is 17.8 Å². The molecule has 0 atom stereocenters. The number of aryl methyl sites for hydroxylation is 1. The zero-order valence-corrected chi connectivity index (χ0v) is 8.17. The number of pyridine rings is 1. The Morgan fingerprint density at radius 1 is 1.33 bits per heavy atom. The monoisotopic (exact) mass is 163 g/mol. The highest BCUT2D eigenvalue weighted by Gasteiger charge is 2.25. The maximum atomic E-state index is 4.34. The maximum absolute atomic E-state index is 4.34. The van der Waals surface area contributed by atoms with Crippen molar-refractivity contribution in [1.29, 1.82) is 0 Å². The SMILES string of the molecule is CC.Cc1cccnc1C1CC1. The molecule has 12 heavy (non-hydrogen) atoms. The van der Waals surface area contributed by atoms with Gasteiger partial charge in [-0.3, -0.25) is 4.98 Å². The molecule has 1 nitrogen and oxygen atoms in total. The number of nitrogens with zero attached hydrogens (tertiary/aromatic N) is 1. The van der Waals surface area contributed by atoms with Crippen LogP contribution in [0.5, 0.6) is 0 Å². The normalized spacial score (nSPS) is 14.9. The van der Waals surface area contributed by atoms with Crippen molar-refractivity contribution in [2.75, 3.05) is 0 Å². The minimum atomic E-state index is 0.793. The van der Waals surface area contributed by atoms with Crippen molar-refractivity contribution < 1.29 is 0 Å². The number of hydrogen-bond acceptors (Lipinski definition) is 1. The molecule has 0 saturated heterocycles. The molecule has 0 bridgehead atoms. The highest BCUT2D eigenvalue weighted by atomic mass is 14.7. The van der Waals surface area contributed by atoms with Crippen LogP contribution >= 0.6 is 0 Å². The smallest absolute Gasteiger partial charge is 0.0463 e. The number of rotatable bonds is 1. The molecular weight excluding hydrogens is 146 g/mol. The molecule has 0 amide bonds. The van der Waals surface area contributed by atoms with Gasteiger partial charge >= 0.3 is 0 Å². The summed E-state index contributed by atoms with van der Waals surface area (Å²) in [6, 6.07) is 4.14. The first kappa shape index (κ1) is 9.24. The fourth-order valence-electron chi connectivity index (χ4n) is 1.28. The molecule has 0 radical (unpaired) electrons. The van der Waals surface area contributed by atoms with Crippen LogP contribution in [0.15, 0.2) is 18.3 Å². The molecule has 1 aliphatic carbocycles. The van der Waals surface area contributed by atoms with E-state index in [0.29, 0.717) is 0 Å². The quantitative estimate of drug-likeness (QED) is 0.619. The van der Waals surface area contributed by atoms with Gasteiger partial charge in [-0.05, 0) is 31.4 Å². The summed E-state index contributed by atoms with van der Waals surface area (Å²) >= 11 is 0. The first-order valence-corrected chi connectivity index (χ1v) is 4.79. The summed E-state index contributed by atoms with van der Waals surface area (Å²) in [4.78, 5) is 4.34. The summed E-state index contributed by atoms with van der Waals surface area (Å²) < 4.78 is 0. The molecule has 1 heterocycles. The fraction of sp³-hybridized carbons (Fsp3) is 0.545. The third kappa shape index (κ3) is 2.07. The van der Waals surface area contributed by atoms with Crippen LogP contribution in [0.3, 0.4) is 0 Å². The summed E-state index contributed by atoms with van der Waals surface area (Å²) in [7, 11) is 0. The van der Waals surface area contributed by atoms with E-state index in [1.165, 1.54) is 24.1 Å². The van der Waals surface area contributed by atoms with E-state index >= 15 is 0 Å². The van der Waals surface area contributed by atoms with E-state index in [-0.39, 0.29) is 0 Å². The van der Waals surface area contributed by atoms with E-state index in [2.05, 4.69) is 18.0 Å². The number of aromatic nitrogens is 1. The Hall–Kier alpha value is -0.850. The third-order valence-corrected chi connectivity index (χ3v) is 2.01. The summed E-state index contributed by atoms with van der Waals surface area (Å²) in [6.07, 6.45) is 4.58. The predicted octanol–water partition coefficient (Wildman–Crippen LogP) is 3.29. The lowest BCUT2D eigenvalue weighted by atomic mass is 10.1. The zero-order valence-electron chi connectivity index (χ0n) is 8.17. The van der Waals surface area contributed by atoms with Crippen molar-refractivity contribution in [3.63, 3.8) is 0 Å². The molecule has 1 heteroatoms. The van der Waals surface area contributed by atoms with Gasteiger partial charge in [-0.25, -0.2) is 0 Å². The lowest BCUT2D eigenvalue weighted by molar-refractivity contribution is 0.996. The average molecular weight is 163 g/mol. The van der Waals surface area contributed by atoms with Gasteiger partial charge < -0.3 is 0 Å². The second kappa shape index (κ2) is 4.24. The maximum Gasteiger partial charge on any atom is 0.0463 e. The van der Waals surface area contributed by atoms with E-state index in [1.54, 1.807) is 0 Å². The van der Waals surface area contributed by atoms with Gasteiger partial charge in [0.1, 0.15) is 0 Å². The van der Waals surface area contributed by atoms with Crippen molar-refractivity contribution in [1.82, 2.24) is 4.98 Å². The largest absolute Gasteiger partial charge is 0.261 e. The average Bonchev–Trinajstić information content (AvgIpc) is 2.92. The Morgan fingerprint density at radius 2 is 2.00 bits per heavy atom. The first-order valence-electron chi connectivity index (χ1n) is 4.79. The zero-order chi connectivity index (χ0) is 8.97. The lowest BCUT2D eigenvalue weighted by Gasteiger charge is -1.99. The van der Waals surface area contributed by atoms with Crippen molar-refractivity contribution in [3.8, 4) is 0 Å². The van der Waals surface area contributed by atoms with Crippen LogP contribution in [0.4, 0.5) is 0 Å². The summed E-state index contributed by atoms with van der Waals surface area (Å²) in [5, 5.41) is 0. The van der Waals surface area contributed by atoms with E-state index in [1.807, 2.05) is 26.1 Å². The van der Waals surface area contributed by atoms with E-state index in [4.69, 9.17) is 0 Å². The predicted molar refractivity (Wildman–Crippen MR) is 52.3 cm³/mol. The molecule has 1 saturated carbocycles. The molecular formula is C11H17N. The molecule has 1 aromatic heterocycles. The highest BCUT2D eigenvalue weighted by Crippen LogP contribution is 2.39. The number of hydrogen-bond donors (Lipinski definition) is 0. The van der Waals surface area contributed by atoms with Crippen molar-refractivity contribution in [3.05, 3.63) is 29.6 Å². The Balaban J connectivity index is 0.000000336. The Morgan fingerprint density at radius 3 is 2.50 bits per heavy atom. The molecule has 0 N–H and O–H groups in total. The van der Waals surface area contributed by atoms with Crippen LogP contribution in [0.25, 0.3) is 0 Å². The Bertz CT molecular complexity index is 239. The molecule has 1 fully saturated rings. The molecule has 1 aliphatic rings. The Labute approximate surface area is 74.8 Å². The van der Waals surface area contributed by atoms with Gasteiger partial charge in [0.05, 0.1) is 0 Å². The van der Waals surface area contributed by atoms with Crippen LogP contribution < -0.4 is 0 Å². The standard InChI is InChI=1S/C9H11N.C2H6/c1-7-3-2-6-10-9(7)8-4-5-8;1-2/h2-3,6,8H,4-5H2,1H3;1-2H3. The summed E-state index contributed by atoms with van der Waals surface area (Å²) in [5.74, 6) is 0.793. The highest BCUT2D eigenvalue weighted by molar-refractivity contribution is 5.24. The van der Waals surface area contributed by atoms with Gasteiger partial charge in [-0.2, -0.15) is 0 Å². The summed E-state index contributed by atoms with van der Waals surface area (Å²) in [6.45, 7) is 6.14. The molecule has 0 unspecified atom stereocenters. The van der Waals surface area contributed by atoms with Crippen LogP contribution in [0, 0.1) is 6.92 Å². The Kier molecular flexibility index (Phi) is 3.27. The summed E-state index contributed by atoms with van der Waals surface area (Å²) in [5.41, 5.74) is 2.67. The van der Waals surface area contributed by atoms with Gasteiger partial charge in [-0.1, -0.05) is 19.9 Å². The van der Waals surface area contributed by atoms with E-state index < -0.39 is 0 Å².